The van der Waals surface area contributed by atoms with Crippen molar-refractivity contribution >= 4 is 12.3 Å². The first-order valence-corrected chi connectivity index (χ1v) is 5.52. The van der Waals surface area contributed by atoms with Crippen molar-refractivity contribution < 1.29 is 22.8 Å². The molecule has 0 aliphatic carbocycles. The minimum absolute atomic E-state index is 0.208. The molecule has 0 aromatic carbocycles. The van der Waals surface area contributed by atoms with Crippen LogP contribution in [0.1, 0.15) is 16.1 Å². The average molecular weight is 276 g/mol. The lowest BCUT2D eigenvalue weighted by atomic mass is 10.2. The van der Waals surface area contributed by atoms with Crippen molar-refractivity contribution in [3.8, 4) is 0 Å². The molecule has 1 fully saturated rings. The molecular formula is C10H11F3N4O2. The van der Waals surface area contributed by atoms with Crippen molar-refractivity contribution in [3.63, 3.8) is 0 Å². The molecule has 0 radical (unpaired) electrons. The molecule has 19 heavy (non-hydrogen) atoms. The number of H-pyrrole nitrogens is 1. The van der Waals surface area contributed by atoms with Gasteiger partial charge in [0.1, 0.15) is 0 Å². The van der Waals surface area contributed by atoms with Crippen LogP contribution in [0.5, 0.6) is 0 Å². The Bertz CT molecular complexity index is 477. The molecule has 0 spiro atoms. The number of rotatable bonds is 2. The third-order valence-corrected chi connectivity index (χ3v) is 2.90. The topological polar surface area (TPSA) is 69.3 Å². The van der Waals surface area contributed by atoms with Crippen molar-refractivity contribution in [3.05, 3.63) is 17.5 Å². The summed E-state index contributed by atoms with van der Waals surface area (Å²) in [5.41, 5.74) is -1.64. The molecule has 0 atom stereocenters. The minimum atomic E-state index is -4.65. The molecule has 1 aromatic rings. The summed E-state index contributed by atoms with van der Waals surface area (Å²) in [4.78, 5) is 25.2. The van der Waals surface area contributed by atoms with Gasteiger partial charge in [0.2, 0.25) is 6.41 Å². The summed E-state index contributed by atoms with van der Waals surface area (Å²) in [5, 5.41) is 5.07. The van der Waals surface area contributed by atoms with Crippen LogP contribution >= 0.6 is 0 Å². The first-order valence-electron chi connectivity index (χ1n) is 5.52. The van der Waals surface area contributed by atoms with Crippen LogP contribution in [0.2, 0.25) is 0 Å². The fourth-order valence-corrected chi connectivity index (χ4v) is 1.87. The molecule has 0 bridgehead atoms. The summed E-state index contributed by atoms with van der Waals surface area (Å²) in [6.07, 6.45) is -3.12. The normalized spacial score (nSPS) is 16.6. The predicted octanol–water partition coefficient (Wildman–Crippen LogP) is 0.343. The number of nitrogens with one attached hydrogen (secondary N) is 1. The monoisotopic (exact) mass is 276 g/mol. The molecule has 0 unspecified atom stereocenters. The lowest BCUT2D eigenvalue weighted by Gasteiger charge is -2.32. The number of aromatic nitrogens is 2. The third kappa shape index (κ3) is 2.69. The maximum Gasteiger partial charge on any atom is 0.433 e. The van der Waals surface area contributed by atoms with Gasteiger partial charge in [-0.15, -0.1) is 0 Å². The highest BCUT2D eigenvalue weighted by Gasteiger charge is 2.38. The molecule has 1 aromatic heterocycles. The first-order chi connectivity index (χ1) is 8.93. The quantitative estimate of drug-likeness (QED) is 0.792. The van der Waals surface area contributed by atoms with E-state index in [1.165, 1.54) is 9.80 Å². The second kappa shape index (κ2) is 4.90. The molecule has 2 rings (SSSR count). The summed E-state index contributed by atoms with van der Waals surface area (Å²) < 4.78 is 37.9. The SMILES string of the molecule is O=CN1CCN(C(=O)c2cn[nH]c2C(F)(F)F)CC1. The molecular weight excluding hydrogens is 265 g/mol. The number of nitrogens with zero attached hydrogens (tertiary/aromatic N) is 3. The Labute approximate surface area is 106 Å². The van der Waals surface area contributed by atoms with E-state index >= 15 is 0 Å². The minimum Gasteiger partial charge on any atom is -0.342 e. The van der Waals surface area contributed by atoms with Crippen molar-refractivity contribution in [2.75, 3.05) is 26.2 Å². The Hall–Kier alpha value is -2.06. The van der Waals surface area contributed by atoms with Crippen molar-refractivity contribution in [1.29, 1.82) is 0 Å². The van der Waals surface area contributed by atoms with E-state index < -0.39 is 23.3 Å². The highest BCUT2D eigenvalue weighted by Crippen LogP contribution is 2.30. The highest BCUT2D eigenvalue weighted by atomic mass is 19.4. The second-order valence-electron chi connectivity index (χ2n) is 4.09. The van der Waals surface area contributed by atoms with Gasteiger partial charge in [0, 0.05) is 26.2 Å². The van der Waals surface area contributed by atoms with Crippen LogP contribution in [0.3, 0.4) is 0 Å². The summed E-state index contributed by atoms with van der Waals surface area (Å²) >= 11 is 0. The van der Waals surface area contributed by atoms with Gasteiger partial charge in [-0.2, -0.15) is 18.3 Å². The molecule has 9 heteroatoms. The number of hydrogen-bond donors (Lipinski definition) is 1. The van der Waals surface area contributed by atoms with Gasteiger partial charge in [-0.05, 0) is 0 Å². The number of alkyl halides is 3. The van der Waals surface area contributed by atoms with Crippen LogP contribution in [0.4, 0.5) is 13.2 Å². The molecule has 1 saturated heterocycles. The Morgan fingerprint density at radius 1 is 1.32 bits per heavy atom. The molecule has 1 aliphatic rings. The molecule has 1 N–H and O–H groups in total. The molecule has 2 heterocycles. The molecule has 0 saturated carbocycles. The van der Waals surface area contributed by atoms with Crippen LogP contribution in [-0.4, -0.2) is 58.5 Å². The number of halogens is 3. The van der Waals surface area contributed by atoms with Crippen LogP contribution < -0.4 is 0 Å². The van der Waals surface area contributed by atoms with Gasteiger partial charge >= 0.3 is 6.18 Å². The third-order valence-electron chi connectivity index (χ3n) is 2.90. The number of carbonyl (C=O) groups excluding carboxylic acids is 2. The maximum atomic E-state index is 12.6. The lowest BCUT2D eigenvalue weighted by Crippen LogP contribution is -2.48. The molecule has 2 amide bonds. The zero-order chi connectivity index (χ0) is 14.0. The second-order valence-corrected chi connectivity index (χ2v) is 4.09. The first kappa shape index (κ1) is 13.4. The van der Waals surface area contributed by atoms with Gasteiger partial charge < -0.3 is 9.80 Å². The fraction of sp³-hybridized carbons (Fsp3) is 0.500. The van der Waals surface area contributed by atoms with Crippen molar-refractivity contribution in [2.24, 2.45) is 0 Å². The lowest BCUT2D eigenvalue weighted by molar-refractivity contribution is -0.141. The van der Waals surface area contributed by atoms with E-state index in [0.29, 0.717) is 19.5 Å². The standard InChI is InChI=1S/C10H11F3N4O2/c11-10(12,13)8-7(5-14-15-8)9(19)17-3-1-16(6-18)2-4-17/h5-6H,1-4H2,(H,14,15). The van der Waals surface area contributed by atoms with Crippen molar-refractivity contribution in [2.45, 2.75) is 6.18 Å². The van der Waals surface area contributed by atoms with Gasteiger partial charge in [0.15, 0.2) is 5.69 Å². The Balaban J connectivity index is 2.13. The number of carbonyl (C=O) groups is 2. The average Bonchev–Trinajstić information content (AvgIpc) is 2.87. The predicted molar refractivity (Wildman–Crippen MR) is 57.1 cm³/mol. The number of amides is 2. The van der Waals surface area contributed by atoms with E-state index in [0.717, 1.165) is 6.20 Å². The van der Waals surface area contributed by atoms with E-state index in [1.54, 1.807) is 5.10 Å². The van der Waals surface area contributed by atoms with Crippen LogP contribution in [0.25, 0.3) is 0 Å². The highest BCUT2D eigenvalue weighted by molar-refractivity contribution is 5.95. The van der Waals surface area contributed by atoms with E-state index in [9.17, 15) is 22.8 Å². The number of hydrogen-bond acceptors (Lipinski definition) is 3. The fourth-order valence-electron chi connectivity index (χ4n) is 1.87. The largest absolute Gasteiger partial charge is 0.433 e. The zero-order valence-corrected chi connectivity index (χ0v) is 9.78. The van der Waals surface area contributed by atoms with Gasteiger partial charge in [-0.25, -0.2) is 0 Å². The van der Waals surface area contributed by atoms with Crippen LogP contribution in [0.15, 0.2) is 6.20 Å². The molecule has 1 aliphatic heterocycles. The Morgan fingerprint density at radius 3 is 2.47 bits per heavy atom. The van der Waals surface area contributed by atoms with Gasteiger partial charge in [0.05, 0.1) is 11.8 Å². The zero-order valence-electron chi connectivity index (χ0n) is 9.78. The van der Waals surface area contributed by atoms with Crippen LogP contribution in [-0.2, 0) is 11.0 Å². The van der Waals surface area contributed by atoms with Crippen molar-refractivity contribution in [1.82, 2.24) is 20.0 Å². The molecule has 6 nitrogen and oxygen atoms in total. The summed E-state index contributed by atoms with van der Waals surface area (Å²) in [5.74, 6) is -0.730. The van der Waals surface area contributed by atoms with Gasteiger partial charge in [-0.3, -0.25) is 14.7 Å². The summed E-state index contributed by atoms with van der Waals surface area (Å²) in [6.45, 7) is 1.04. The van der Waals surface area contributed by atoms with E-state index in [-0.39, 0.29) is 13.1 Å². The molecule has 104 valence electrons. The Morgan fingerprint density at radius 2 is 1.95 bits per heavy atom. The van der Waals surface area contributed by atoms with Gasteiger partial charge in [0.25, 0.3) is 5.91 Å². The van der Waals surface area contributed by atoms with E-state index in [4.69, 9.17) is 0 Å². The summed E-state index contributed by atoms with van der Waals surface area (Å²) in [7, 11) is 0. The maximum absolute atomic E-state index is 12.6. The smallest absolute Gasteiger partial charge is 0.342 e. The van der Waals surface area contributed by atoms with E-state index in [1.807, 2.05) is 0 Å². The van der Waals surface area contributed by atoms with Gasteiger partial charge in [-0.1, -0.05) is 0 Å². The number of piperazine rings is 1. The van der Waals surface area contributed by atoms with Crippen LogP contribution in [0, 0.1) is 0 Å². The Kier molecular flexibility index (Phi) is 3.45. The van der Waals surface area contributed by atoms with E-state index in [2.05, 4.69) is 5.10 Å². The summed E-state index contributed by atoms with van der Waals surface area (Å²) in [6, 6.07) is 0. The number of aromatic amines is 1.